The first kappa shape index (κ1) is 8.10. The van der Waals surface area contributed by atoms with Crippen LogP contribution in [0.5, 0.6) is 5.75 Å². The fraction of sp³-hybridized carbons (Fsp3) is 0.300. The normalized spacial score (nSPS) is 19.3. The van der Waals surface area contributed by atoms with Gasteiger partial charge in [0.2, 0.25) is 0 Å². The van der Waals surface area contributed by atoms with Crippen molar-refractivity contribution in [2.75, 3.05) is 0 Å². The second-order valence-corrected chi connectivity index (χ2v) is 3.26. The molecule has 0 aliphatic carbocycles. The topological polar surface area (TPSA) is 46.5 Å². The fourth-order valence-electron chi connectivity index (χ4n) is 1.47. The number of carbonyl (C=O) groups is 1. The average Bonchev–Trinajstić information content (AvgIpc) is 2.46. The third-order valence-corrected chi connectivity index (χ3v) is 2.17. The molecule has 1 N–H and O–H groups in total. The van der Waals surface area contributed by atoms with Crippen LogP contribution >= 0.6 is 0 Å². The van der Waals surface area contributed by atoms with E-state index in [1.54, 1.807) is 0 Å². The van der Waals surface area contributed by atoms with Crippen LogP contribution in [-0.2, 0) is 11.2 Å². The third-order valence-electron chi connectivity index (χ3n) is 2.17. The van der Waals surface area contributed by atoms with Crippen molar-refractivity contribution in [1.29, 1.82) is 0 Å². The molecule has 1 heterocycles. The summed E-state index contributed by atoms with van der Waals surface area (Å²) in [6.07, 6.45) is -0.220. The molecule has 0 saturated heterocycles. The van der Waals surface area contributed by atoms with Gasteiger partial charge in [0, 0.05) is 6.42 Å². The third kappa shape index (κ3) is 1.37. The van der Waals surface area contributed by atoms with Crippen molar-refractivity contribution in [3.05, 3.63) is 29.3 Å². The van der Waals surface area contributed by atoms with Crippen LogP contribution in [0.4, 0.5) is 0 Å². The van der Waals surface area contributed by atoms with Crippen molar-refractivity contribution >= 4 is 5.97 Å². The van der Waals surface area contributed by atoms with Crippen LogP contribution in [-0.4, -0.2) is 17.2 Å². The van der Waals surface area contributed by atoms with E-state index in [0.717, 1.165) is 11.1 Å². The minimum Gasteiger partial charge on any atom is -0.478 e. The molecule has 0 bridgehead atoms. The fourth-order valence-corrected chi connectivity index (χ4v) is 1.47. The Morgan fingerprint density at radius 2 is 2.38 bits per heavy atom. The van der Waals surface area contributed by atoms with Crippen LogP contribution in [0.25, 0.3) is 0 Å². The zero-order chi connectivity index (χ0) is 9.42. The summed E-state index contributed by atoms with van der Waals surface area (Å²) in [6.45, 7) is 1.96. The molecular weight excluding hydrogens is 168 g/mol. The Morgan fingerprint density at radius 1 is 1.62 bits per heavy atom. The van der Waals surface area contributed by atoms with Crippen molar-refractivity contribution < 1.29 is 14.6 Å². The summed E-state index contributed by atoms with van der Waals surface area (Å²) in [4.78, 5) is 10.6. The first-order chi connectivity index (χ1) is 6.16. The second-order valence-electron chi connectivity index (χ2n) is 3.26. The largest absolute Gasteiger partial charge is 0.478 e. The molecule has 13 heavy (non-hydrogen) atoms. The number of aryl methyl sites for hydroxylation is 1. The highest BCUT2D eigenvalue weighted by Crippen LogP contribution is 2.29. The van der Waals surface area contributed by atoms with Gasteiger partial charge < -0.3 is 9.84 Å². The SMILES string of the molecule is Cc1ccc2c(c1)O[C@H](C(=O)O)C2. The maximum absolute atomic E-state index is 10.6. The van der Waals surface area contributed by atoms with E-state index in [9.17, 15) is 4.79 Å². The number of carboxylic acid groups (broad SMARTS) is 1. The predicted molar refractivity (Wildman–Crippen MR) is 46.9 cm³/mol. The number of hydrogen-bond acceptors (Lipinski definition) is 2. The minimum atomic E-state index is -0.895. The molecule has 0 spiro atoms. The molecule has 3 heteroatoms. The highest BCUT2D eigenvalue weighted by atomic mass is 16.5. The van der Waals surface area contributed by atoms with E-state index in [-0.39, 0.29) is 0 Å². The lowest BCUT2D eigenvalue weighted by molar-refractivity contribution is -0.144. The summed E-state index contributed by atoms with van der Waals surface area (Å²) in [6, 6.07) is 5.76. The van der Waals surface area contributed by atoms with E-state index < -0.39 is 12.1 Å². The number of aliphatic carboxylic acids is 1. The van der Waals surface area contributed by atoms with Gasteiger partial charge in [-0.3, -0.25) is 0 Å². The highest BCUT2D eigenvalue weighted by molar-refractivity contribution is 5.74. The van der Waals surface area contributed by atoms with Gasteiger partial charge in [-0.1, -0.05) is 12.1 Å². The molecule has 2 rings (SSSR count). The summed E-state index contributed by atoms with van der Waals surface area (Å²) < 4.78 is 5.25. The molecule has 1 aliphatic heterocycles. The molecule has 0 unspecified atom stereocenters. The lowest BCUT2D eigenvalue weighted by Gasteiger charge is -2.03. The first-order valence-corrected chi connectivity index (χ1v) is 4.16. The average molecular weight is 178 g/mol. The molecule has 0 fully saturated rings. The molecule has 1 aromatic rings. The molecule has 0 amide bonds. The number of rotatable bonds is 1. The Bertz CT molecular complexity index is 357. The van der Waals surface area contributed by atoms with Crippen LogP contribution in [0.15, 0.2) is 18.2 Å². The van der Waals surface area contributed by atoms with Gasteiger partial charge in [0.1, 0.15) is 5.75 Å². The van der Waals surface area contributed by atoms with Crippen LogP contribution in [0.3, 0.4) is 0 Å². The van der Waals surface area contributed by atoms with Gasteiger partial charge in [0.05, 0.1) is 0 Å². The number of fused-ring (bicyclic) bond motifs is 1. The summed E-state index contributed by atoms with van der Waals surface area (Å²) in [7, 11) is 0. The summed E-state index contributed by atoms with van der Waals surface area (Å²) >= 11 is 0. The smallest absolute Gasteiger partial charge is 0.345 e. The van der Waals surface area contributed by atoms with Gasteiger partial charge in [0.15, 0.2) is 6.10 Å². The molecule has 68 valence electrons. The van der Waals surface area contributed by atoms with Crippen molar-refractivity contribution in [3.63, 3.8) is 0 Å². The number of benzene rings is 1. The highest BCUT2D eigenvalue weighted by Gasteiger charge is 2.28. The van der Waals surface area contributed by atoms with Crippen molar-refractivity contribution in [3.8, 4) is 5.75 Å². The van der Waals surface area contributed by atoms with Crippen LogP contribution in [0, 0.1) is 6.92 Å². The van der Waals surface area contributed by atoms with Crippen LogP contribution < -0.4 is 4.74 Å². The van der Waals surface area contributed by atoms with Crippen molar-refractivity contribution in [1.82, 2.24) is 0 Å². The second kappa shape index (κ2) is 2.76. The lowest BCUT2D eigenvalue weighted by atomic mass is 10.1. The van der Waals surface area contributed by atoms with E-state index in [0.29, 0.717) is 12.2 Å². The van der Waals surface area contributed by atoms with Gasteiger partial charge in [-0.2, -0.15) is 0 Å². The van der Waals surface area contributed by atoms with Crippen molar-refractivity contribution in [2.24, 2.45) is 0 Å². The Morgan fingerprint density at radius 3 is 3.08 bits per heavy atom. The number of hydrogen-bond donors (Lipinski definition) is 1. The standard InChI is InChI=1S/C10H10O3/c1-6-2-3-7-5-9(10(11)12)13-8(7)4-6/h2-4,9H,5H2,1H3,(H,11,12)/t9-/m0/s1. The summed E-state index contributed by atoms with van der Waals surface area (Å²) in [5.41, 5.74) is 2.07. The molecule has 1 aliphatic rings. The zero-order valence-electron chi connectivity index (χ0n) is 7.28. The number of ether oxygens (including phenoxy) is 1. The molecule has 0 saturated carbocycles. The van der Waals surface area contributed by atoms with E-state index in [2.05, 4.69) is 0 Å². The van der Waals surface area contributed by atoms with Gasteiger partial charge in [-0.05, 0) is 24.1 Å². The van der Waals surface area contributed by atoms with Gasteiger partial charge >= 0.3 is 5.97 Å². The maximum Gasteiger partial charge on any atom is 0.345 e. The van der Waals surface area contributed by atoms with E-state index >= 15 is 0 Å². The molecular formula is C10H10O3. The molecule has 1 aromatic carbocycles. The Hall–Kier alpha value is -1.51. The Kier molecular flexibility index (Phi) is 1.72. The summed E-state index contributed by atoms with van der Waals surface area (Å²) in [5, 5.41) is 8.73. The van der Waals surface area contributed by atoms with Crippen LogP contribution in [0.1, 0.15) is 11.1 Å². The minimum absolute atomic E-state index is 0.477. The van der Waals surface area contributed by atoms with E-state index in [1.165, 1.54) is 0 Å². The molecule has 3 nitrogen and oxygen atoms in total. The molecule has 1 atom stereocenters. The maximum atomic E-state index is 10.6. The zero-order valence-corrected chi connectivity index (χ0v) is 7.28. The Balaban J connectivity index is 2.30. The predicted octanol–water partition coefficient (Wildman–Crippen LogP) is 1.38. The van der Waals surface area contributed by atoms with Crippen molar-refractivity contribution in [2.45, 2.75) is 19.4 Å². The first-order valence-electron chi connectivity index (χ1n) is 4.16. The van der Waals surface area contributed by atoms with Crippen LogP contribution in [0.2, 0.25) is 0 Å². The number of carboxylic acids is 1. The monoisotopic (exact) mass is 178 g/mol. The van der Waals surface area contributed by atoms with Gasteiger partial charge in [-0.25, -0.2) is 4.79 Å². The summed E-state index contributed by atoms with van der Waals surface area (Å²) in [5.74, 6) is -0.179. The lowest BCUT2D eigenvalue weighted by Crippen LogP contribution is -2.24. The molecule has 0 aromatic heterocycles. The quantitative estimate of drug-likeness (QED) is 0.706. The molecule has 0 radical (unpaired) electrons. The van der Waals surface area contributed by atoms with Gasteiger partial charge in [-0.15, -0.1) is 0 Å². The van der Waals surface area contributed by atoms with E-state index in [4.69, 9.17) is 9.84 Å². The van der Waals surface area contributed by atoms with E-state index in [1.807, 2.05) is 25.1 Å². The van der Waals surface area contributed by atoms with Gasteiger partial charge in [0.25, 0.3) is 0 Å². The Labute approximate surface area is 76.0 Å².